The second-order valence-electron chi connectivity index (χ2n) is 8.08. The molecule has 7 heteroatoms. The molecule has 35 heavy (non-hydrogen) atoms. The van der Waals surface area contributed by atoms with Crippen LogP contribution in [0.5, 0.6) is 17.2 Å². The van der Waals surface area contributed by atoms with Crippen molar-refractivity contribution in [1.29, 1.82) is 0 Å². The maximum atomic E-state index is 13.4. The number of aliphatic hydroxyl groups is 1. The van der Waals surface area contributed by atoms with E-state index in [1.54, 1.807) is 42.5 Å². The van der Waals surface area contributed by atoms with E-state index >= 15 is 0 Å². The first-order valence-electron chi connectivity index (χ1n) is 11.2. The van der Waals surface area contributed by atoms with Crippen LogP contribution < -0.4 is 19.1 Å². The molecule has 0 radical (unpaired) electrons. The number of hydrogen-bond donors (Lipinski definition) is 1. The van der Waals surface area contributed by atoms with Crippen molar-refractivity contribution < 1.29 is 28.9 Å². The number of carbonyl (C=O) groups excluding carboxylic acids is 2. The fourth-order valence-electron chi connectivity index (χ4n) is 4.29. The van der Waals surface area contributed by atoms with Crippen LogP contribution in [0.25, 0.3) is 5.76 Å². The number of benzene rings is 3. The maximum Gasteiger partial charge on any atom is 0.300 e. The van der Waals surface area contributed by atoms with Gasteiger partial charge in [-0.25, -0.2) is 0 Å². The molecule has 7 nitrogen and oxygen atoms in total. The maximum absolute atomic E-state index is 13.4. The molecular formula is C28H27NO6. The Balaban J connectivity index is 1.97. The summed E-state index contributed by atoms with van der Waals surface area (Å²) in [6.07, 6.45) is 0. The summed E-state index contributed by atoms with van der Waals surface area (Å²) in [6.45, 7) is 4.25. The van der Waals surface area contributed by atoms with Crippen LogP contribution in [-0.4, -0.2) is 37.6 Å². The molecule has 0 aromatic heterocycles. The lowest BCUT2D eigenvalue weighted by Gasteiger charge is -2.26. The number of aryl methyl sites for hydroxylation is 1. The third-order valence-electron chi connectivity index (χ3n) is 5.87. The Morgan fingerprint density at radius 1 is 0.943 bits per heavy atom. The summed E-state index contributed by atoms with van der Waals surface area (Å²) in [6, 6.07) is 18.5. The summed E-state index contributed by atoms with van der Waals surface area (Å²) in [5.74, 6) is -0.485. The summed E-state index contributed by atoms with van der Waals surface area (Å²) in [4.78, 5) is 28.2. The molecule has 1 aliphatic rings. The number of ether oxygens (including phenoxy) is 3. The number of nitrogens with zero attached hydrogens (tertiary/aromatic N) is 1. The molecule has 3 aromatic rings. The van der Waals surface area contributed by atoms with Crippen LogP contribution in [-0.2, 0) is 9.59 Å². The van der Waals surface area contributed by atoms with Crippen molar-refractivity contribution in [2.24, 2.45) is 0 Å². The molecule has 1 amide bonds. The van der Waals surface area contributed by atoms with E-state index in [0.29, 0.717) is 35.1 Å². The first-order valence-corrected chi connectivity index (χ1v) is 11.2. The summed E-state index contributed by atoms with van der Waals surface area (Å²) in [5.41, 5.74) is 2.35. The van der Waals surface area contributed by atoms with Crippen LogP contribution in [0.4, 0.5) is 5.69 Å². The van der Waals surface area contributed by atoms with Crippen LogP contribution in [0.1, 0.15) is 29.7 Å². The Morgan fingerprint density at radius 3 is 2.40 bits per heavy atom. The van der Waals surface area contributed by atoms with Gasteiger partial charge in [-0.15, -0.1) is 0 Å². The molecule has 0 bridgehead atoms. The van der Waals surface area contributed by atoms with E-state index in [9.17, 15) is 14.7 Å². The van der Waals surface area contributed by atoms with E-state index in [4.69, 9.17) is 14.2 Å². The molecule has 1 heterocycles. The van der Waals surface area contributed by atoms with Crippen molar-refractivity contribution in [3.63, 3.8) is 0 Å². The largest absolute Gasteiger partial charge is 0.507 e. The van der Waals surface area contributed by atoms with E-state index in [0.717, 1.165) is 5.56 Å². The minimum absolute atomic E-state index is 0.0334. The molecule has 1 saturated heterocycles. The van der Waals surface area contributed by atoms with Crippen molar-refractivity contribution >= 4 is 23.1 Å². The van der Waals surface area contributed by atoms with Crippen molar-refractivity contribution in [1.82, 2.24) is 0 Å². The van der Waals surface area contributed by atoms with Gasteiger partial charge < -0.3 is 19.3 Å². The van der Waals surface area contributed by atoms with Crippen LogP contribution in [0.15, 0.2) is 72.3 Å². The van der Waals surface area contributed by atoms with Gasteiger partial charge in [-0.1, -0.05) is 35.9 Å². The quantitative estimate of drug-likeness (QED) is 0.294. The number of ketones is 1. The smallest absolute Gasteiger partial charge is 0.300 e. The highest BCUT2D eigenvalue weighted by Gasteiger charge is 2.47. The second kappa shape index (κ2) is 9.93. The highest BCUT2D eigenvalue weighted by atomic mass is 16.5. The van der Waals surface area contributed by atoms with E-state index in [1.807, 2.05) is 38.1 Å². The van der Waals surface area contributed by atoms with E-state index < -0.39 is 17.7 Å². The second-order valence-corrected chi connectivity index (χ2v) is 8.08. The lowest BCUT2D eigenvalue weighted by molar-refractivity contribution is -0.132. The number of Topliss-reactive ketones (excluding diaryl/α,β-unsaturated/α-hetero) is 1. The normalized spacial score (nSPS) is 16.9. The summed E-state index contributed by atoms with van der Waals surface area (Å²) >= 11 is 0. The fraction of sp³-hybridized carbons (Fsp3) is 0.214. The highest BCUT2D eigenvalue weighted by molar-refractivity contribution is 6.51. The Labute approximate surface area is 204 Å². The van der Waals surface area contributed by atoms with Crippen molar-refractivity contribution in [3.8, 4) is 17.2 Å². The molecule has 0 aliphatic carbocycles. The molecular weight excluding hydrogens is 446 g/mol. The van der Waals surface area contributed by atoms with Crippen molar-refractivity contribution in [2.75, 3.05) is 25.7 Å². The predicted molar refractivity (Wildman–Crippen MR) is 133 cm³/mol. The molecule has 4 rings (SSSR count). The van der Waals surface area contributed by atoms with Gasteiger partial charge >= 0.3 is 0 Å². The third-order valence-corrected chi connectivity index (χ3v) is 5.87. The van der Waals surface area contributed by atoms with Gasteiger partial charge in [-0.3, -0.25) is 14.5 Å². The minimum atomic E-state index is -0.859. The van der Waals surface area contributed by atoms with Crippen molar-refractivity contribution in [3.05, 3.63) is 89.0 Å². The monoisotopic (exact) mass is 473 g/mol. The number of methoxy groups -OCH3 is 2. The van der Waals surface area contributed by atoms with Gasteiger partial charge in [0.05, 0.1) is 38.0 Å². The number of carbonyl (C=O) groups is 2. The lowest BCUT2D eigenvalue weighted by atomic mass is 9.94. The zero-order valence-electron chi connectivity index (χ0n) is 20.1. The fourth-order valence-corrected chi connectivity index (χ4v) is 4.29. The topological polar surface area (TPSA) is 85.3 Å². The molecule has 3 aromatic carbocycles. The minimum Gasteiger partial charge on any atom is -0.507 e. The average Bonchev–Trinajstić information content (AvgIpc) is 3.14. The van der Waals surface area contributed by atoms with Gasteiger partial charge in [-0.05, 0) is 49.7 Å². The predicted octanol–water partition coefficient (Wildman–Crippen LogP) is 5.04. The number of anilines is 1. The zero-order chi connectivity index (χ0) is 25.1. The Hall–Kier alpha value is -4.26. The van der Waals surface area contributed by atoms with E-state index in [1.165, 1.54) is 19.1 Å². The van der Waals surface area contributed by atoms with Crippen molar-refractivity contribution in [2.45, 2.75) is 19.9 Å². The number of hydrogen-bond acceptors (Lipinski definition) is 6. The summed E-state index contributed by atoms with van der Waals surface area (Å²) in [5, 5.41) is 11.5. The van der Waals surface area contributed by atoms with Crippen LogP contribution in [0, 0.1) is 6.92 Å². The van der Waals surface area contributed by atoms with Gasteiger partial charge in [0, 0.05) is 11.8 Å². The molecule has 0 saturated carbocycles. The first-order chi connectivity index (χ1) is 16.9. The standard InChI is InChI=1S/C28H27NO6/c1-5-35-21-11-7-10-19(15-21)29-25(18-9-6-8-17(2)14-18)24(27(31)28(29)32)26(30)22-16-20(33-3)12-13-23(22)34-4/h6-16,25,30H,5H2,1-4H3/b26-24+. The van der Waals surface area contributed by atoms with Gasteiger partial charge in [-0.2, -0.15) is 0 Å². The summed E-state index contributed by atoms with van der Waals surface area (Å²) in [7, 11) is 2.97. The van der Waals surface area contributed by atoms with Gasteiger partial charge in [0.15, 0.2) is 0 Å². The molecule has 180 valence electrons. The number of rotatable bonds is 7. The molecule has 1 unspecified atom stereocenters. The lowest BCUT2D eigenvalue weighted by Crippen LogP contribution is -2.29. The average molecular weight is 474 g/mol. The Kier molecular flexibility index (Phi) is 6.78. The van der Waals surface area contributed by atoms with Crippen LogP contribution in [0.2, 0.25) is 0 Å². The van der Waals surface area contributed by atoms with Gasteiger partial charge in [0.1, 0.15) is 23.0 Å². The zero-order valence-corrected chi connectivity index (χ0v) is 20.1. The molecule has 1 fully saturated rings. The first kappa shape index (κ1) is 23.9. The van der Waals surface area contributed by atoms with Gasteiger partial charge in [0.2, 0.25) is 0 Å². The highest BCUT2D eigenvalue weighted by Crippen LogP contribution is 2.44. The van der Waals surface area contributed by atoms with Crippen LogP contribution >= 0.6 is 0 Å². The molecule has 1 N–H and O–H groups in total. The number of aliphatic hydroxyl groups excluding tert-OH is 1. The molecule has 1 aliphatic heterocycles. The summed E-state index contributed by atoms with van der Waals surface area (Å²) < 4.78 is 16.3. The van der Waals surface area contributed by atoms with Crippen LogP contribution in [0.3, 0.4) is 0 Å². The van der Waals surface area contributed by atoms with Gasteiger partial charge in [0.25, 0.3) is 11.7 Å². The third kappa shape index (κ3) is 4.45. The Morgan fingerprint density at radius 2 is 1.71 bits per heavy atom. The Bertz CT molecular complexity index is 1310. The molecule has 1 atom stereocenters. The van der Waals surface area contributed by atoms with E-state index in [-0.39, 0.29) is 16.9 Å². The SMILES string of the molecule is CCOc1cccc(N2C(=O)C(=O)/C(=C(/O)c3cc(OC)ccc3OC)C2c2cccc(C)c2)c1. The van der Waals surface area contributed by atoms with E-state index in [2.05, 4.69) is 0 Å². The number of amides is 1. The molecule has 0 spiro atoms.